The Morgan fingerprint density at radius 2 is 1.86 bits per heavy atom. The first-order valence-corrected chi connectivity index (χ1v) is 15.4. The minimum Gasteiger partial charge on any atom is -0.433 e. The predicted molar refractivity (Wildman–Crippen MR) is 161 cm³/mol. The number of fused-ring (bicyclic) bond motifs is 1. The van der Waals surface area contributed by atoms with Crippen molar-refractivity contribution in [3.05, 3.63) is 45.7 Å². The lowest BCUT2D eigenvalue weighted by Crippen LogP contribution is -2.55. The van der Waals surface area contributed by atoms with Crippen LogP contribution in [0, 0.1) is 0 Å². The van der Waals surface area contributed by atoms with Gasteiger partial charge in [0.15, 0.2) is 11.6 Å². The molecule has 0 radical (unpaired) electrons. The summed E-state index contributed by atoms with van der Waals surface area (Å²) in [5, 5.41) is 7.87. The Bertz CT molecular complexity index is 1420. The highest BCUT2D eigenvalue weighted by Gasteiger charge is 2.34. The maximum absolute atomic E-state index is 13.4. The number of aromatic nitrogens is 2. The number of carbonyl (C=O) groups excluding carboxylic acids is 1. The topological polar surface area (TPSA) is 112 Å². The zero-order valence-corrected chi connectivity index (χ0v) is 24.5. The Hall–Kier alpha value is -3.26. The number of benzene rings is 1. The third-order valence-corrected chi connectivity index (χ3v) is 9.48. The Morgan fingerprint density at radius 1 is 1.05 bits per heavy atom. The van der Waals surface area contributed by atoms with Crippen LogP contribution in [0.25, 0.3) is 0 Å². The van der Waals surface area contributed by atoms with Crippen molar-refractivity contribution in [2.24, 2.45) is 5.73 Å². The average Bonchev–Trinajstić information content (AvgIpc) is 3.65. The van der Waals surface area contributed by atoms with E-state index in [9.17, 15) is 13.6 Å². The first-order valence-electron chi connectivity index (χ1n) is 14.1. The standard InChI is InChI=1S/C28H33ClF2N8O2S/c29-20-15-33-28(36-26(20)34-22-7-13-42-24(22)25(32)40)35-21-4-3-18(14-23(21)41-27(30)31)38-9-5-17(6-10-38)39-12-11-37-8-1-2-19(37)16-39/h3-4,7,13-15,17,19,27H,1-2,5-6,8-12,16H2,(H2,32,40)(H2,33,34,35,36)/t19-/m1/s1. The van der Waals surface area contributed by atoms with Gasteiger partial charge in [0.05, 0.1) is 17.6 Å². The molecule has 1 atom stereocenters. The van der Waals surface area contributed by atoms with Crippen LogP contribution < -0.4 is 26.0 Å². The molecule has 1 aromatic carbocycles. The van der Waals surface area contributed by atoms with Gasteiger partial charge in [-0.05, 0) is 55.8 Å². The summed E-state index contributed by atoms with van der Waals surface area (Å²) < 4.78 is 31.8. The molecular formula is C28H33ClF2N8O2S. The third kappa shape index (κ3) is 6.38. The minimum absolute atomic E-state index is 0.0103. The van der Waals surface area contributed by atoms with E-state index in [1.807, 2.05) is 6.07 Å². The van der Waals surface area contributed by atoms with E-state index < -0.39 is 12.5 Å². The summed E-state index contributed by atoms with van der Waals surface area (Å²) in [5.41, 5.74) is 6.99. The van der Waals surface area contributed by atoms with Crippen molar-refractivity contribution >= 4 is 57.7 Å². The second-order valence-electron chi connectivity index (χ2n) is 10.8. The number of hydrogen-bond donors (Lipinski definition) is 3. The molecule has 0 unspecified atom stereocenters. The van der Waals surface area contributed by atoms with Gasteiger partial charge < -0.3 is 26.0 Å². The monoisotopic (exact) mass is 618 g/mol. The molecule has 0 saturated carbocycles. The molecule has 3 aliphatic rings. The molecule has 5 heterocycles. The fourth-order valence-corrected chi connectivity index (χ4v) is 7.04. The van der Waals surface area contributed by atoms with Gasteiger partial charge in [0, 0.05) is 56.6 Å². The van der Waals surface area contributed by atoms with Gasteiger partial charge in [-0.25, -0.2) is 4.98 Å². The number of piperazine rings is 1. The molecule has 3 fully saturated rings. The van der Waals surface area contributed by atoms with E-state index >= 15 is 0 Å². The van der Waals surface area contributed by atoms with E-state index in [2.05, 4.69) is 35.3 Å². The number of rotatable bonds is 9. The van der Waals surface area contributed by atoms with Crippen LogP contribution in [-0.4, -0.2) is 83.6 Å². The molecule has 3 saturated heterocycles. The summed E-state index contributed by atoms with van der Waals surface area (Å²) in [6.07, 6.45) is 6.04. The van der Waals surface area contributed by atoms with Crippen molar-refractivity contribution in [1.29, 1.82) is 0 Å². The Kier molecular flexibility index (Phi) is 8.61. The van der Waals surface area contributed by atoms with Gasteiger partial charge in [-0.1, -0.05) is 11.6 Å². The van der Waals surface area contributed by atoms with Gasteiger partial charge in [-0.3, -0.25) is 14.6 Å². The van der Waals surface area contributed by atoms with Crippen LogP contribution in [0.4, 0.5) is 37.6 Å². The molecule has 1 amide bonds. The van der Waals surface area contributed by atoms with E-state index in [1.165, 1.54) is 36.9 Å². The van der Waals surface area contributed by atoms with Crippen molar-refractivity contribution in [1.82, 2.24) is 19.8 Å². The fraction of sp³-hybridized carbons (Fsp3) is 0.464. The molecule has 2 aromatic heterocycles. The normalized spacial score (nSPS) is 20.1. The minimum atomic E-state index is -3.00. The van der Waals surface area contributed by atoms with Crippen LogP contribution in [0.2, 0.25) is 5.02 Å². The lowest BCUT2D eigenvalue weighted by Gasteiger charge is -2.45. The van der Waals surface area contributed by atoms with E-state index in [1.54, 1.807) is 23.6 Å². The summed E-state index contributed by atoms with van der Waals surface area (Å²) in [6, 6.07) is 8.14. The number of alkyl halides is 2. The van der Waals surface area contributed by atoms with Gasteiger partial charge in [-0.2, -0.15) is 13.8 Å². The molecule has 42 heavy (non-hydrogen) atoms. The number of thiophene rings is 1. The van der Waals surface area contributed by atoms with Gasteiger partial charge in [0.2, 0.25) is 5.95 Å². The van der Waals surface area contributed by atoms with E-state index in [0.29, 0.717) is 22.6 Å². The first kappa shape index (κ1) is 28.8. The Labute approximate surface area is 251 Å². The smallest absolute Gasteiger partial charge is 0.387 e. The molecule has 6 rings (SSSR count). The Morgan fingerprint density at radius 3 is 2.64 bits per heavy atom. The highest BCUT2D eigenvalue weighted by atomic mass is 35.5. The maximum Gasteiger partial charge on any atom is 0.387 e. The summed E-state index contributed by atoms with van der Waals surface area (Å²) in [6.45, 7) is 3.36. The molecule has 14 heteroatoms. The highest BCUT2D eigenvalue weighted by molar-refractivity contribution is 7.12. The number of hydrogen-bond acceptors (Lipinski definition) is 10. The van der Waals surface area contributed by atoms with Crippen molar-refractivity contribution < 1.29 is 18.3 Å². The van der Waals surface area contributed by atoms with Crippen LogP contribution in [0.3, 0.4) is 0 Å². The molecule has 3 aliphatic heterocycles. The SMILES string of the molecule is NC(=O)c1sccc1Nc1nc(Nc2ccc(N3CCC(N4CCN5CCC[C@@H]5C4)CC3)cc2OC(F)F)ncc1Cl. The van der Waals surface area contributed by atoms with Gasteiger partial charge >= 0.3 is 6.61 Å². The second-order valence-corrected chi connectivity index (χ2v) is 12.1. The molecule has 0 aliphatic carbocycles. The number of anilines is 5. The van der Waals surface area contributed by atoms with Crippen LogP contribution in [-0.2, 0) is 0 Å². The second kappa shape index (κ2) is 12.5. The van der Waals surface area contributed by atoms with Crippen LogP contribution in [0.5, 0.6) is 5.75 Å². The lowest BCUT2D eigenvalue weighted by atomic mass is 10.00. The number of halogens is 3. The zero-order valence-electron chi connectivity index (χ0n) is 22.9. The quantitative estimate of drug-likeness (QED) is 0.301. The summed E-state index contributed by atoms with van der Waals surface area (Å²) >= 11 is 7.46. The summed E-state index contributed by atoms with van der Waals surface area (Å²) in [4.78, 5) is 28.1. The third-order valence-electron chi connectivity index (χ3n) is 8.28. The highest BCUT2D eigenvalue weighted by Crippen LogP contribution is 2.36. The molecule has 224 valence electrons. The van der Waals surface area contributed by atoms with Crippen LogP contribution in [0.1, 0.15) is 35.4 Å². The summed E-state index contributed by atoms with van der Waals surface area (Å²) in [7, 11) is 0. The fourth-order valence-electron chi connectivity index (χ4n) is 6.20. The van der Waals surface area contributed by atoms with Gasteiger partial charge in [-0.15, -0.1) is 11.3 Å². The molecule has 3 aromatic rings. The number of carbonyl (C=O) groups is 1. The Balaban J connectivity index is 1.14. The number of nitrogens with zero attached hydrogens (tertiary/aromatic N) is 5. The van der Waals surface area contributed by atoms with E-state index in [-0.39, 0.29) is 28.2 Å². The van der Waals surface area contributed by atoms with E-state index in [0.717, 1.165) is 51.3 Å². The van der Waals surface area contributed by atoms with Crippen molar-refractivity contribution in [3.63, 3.8) is 0 Å². The predicted octanol–water partition coefficient (Wildman–Crippen LogP) is 5.13. The number of ether oxygens (including phenoxy) is 1. The number of piperidine rings is 1. The first-order chi connectivity index (χ1) is 20.3. The average molecular weight is 619 g/mol. The number of amides is 1. The van der Waals surface area contributed by atoms with E-state index in [4.69, 9.17) is 22.1 Å². The number of nitrogens with two attached hydrogens (primary N) is 1. The molecule has 0 spiro atoms. The lowest BCUT2D eigenvalue weighted by molar-refractivity contribution is -0.0493. The number of primary amides is 1. The number of nitrogens with one attached hydrogen (secondary N) is 2. The zero-order chi connectivity index (χ0) is 29.2. The molecular weight excluding hydrogens is 586 g/mol. The molecule has 4 N–H and O–H groups in total. The summed E-state index contributed by atoms with van der Waals surface area (Å²) in [5.74, 6) is -0.266. The van der Waals surface area contributed by atoms with Crippen molar-refractivity contribution in [2.45, 2.75) is 44.4 Å². The van der Waals surface area contributed by atoms with Crippen molar-refractivity contribution in [2.75, 3.05) is 54.8 Å². The molecule has 10 nitrogen and oxygen atoms in total. The van der Waals surface area contributed by atoms with Gasteiger partial charge in [0.25, 0.3) is 5.91 Å². The molecule has 0 bridgehead atoms. The van der Waals surface area contributed by atoms with Gasteiger partial charge in [0.1, 0.15) is 9.90 Å². The maximum atomic E-state index is 13.4. The largest absolute Gasteiger partial charge is 0.433 e. The van der Waals surface area contributed by atoms with Crippen molar-refractivity contribution in [3.8, 4) is 5.75 Å². The van der Waals surface area contributed by atoms with Crippen LogP contribution >= 0.6 is 22.9 Å². The van der Waals surface area contributed by atoms with Crippen LogP contribution in [0.15, 0.2) is 35.8 Å².